The second-order valence-corrected chi connectivity index (χ2v) is 4.24. The molecule has 0 atom stereocenters. The number of ether oxygens (including phenoxy) is 1. The Labute approximate surface area is 107 Å². The fraction of sp³-hybridized carbons (Fsp3) is 0.429. The molecule has 1 aromatic rings. The molecule has 1 fully saturated rings. The molecule has 0 unspecified atom stereocenters. The van der Waals surface area contributed by atoms with Crippen molar-refractivity contribution in [2.45, 2.75) is 19.8 Å². The van der Waals surface area contributed by atoms with E-state index >= 15 is 0 Å². The SMILES string of the molecule is CCOC(=O)N1CCC(=Cc2ccccn2)CC1. The lowest BCUT2D eigenvalue weighted by atomic mass is 10.0. The lowest BCUT2D eigenvalue weighted by Gasteiger charge is -2.27. The van der Waals surface area contributed by atoms with E-state index in [9.17, 15) is 4.79 Å². The van der Waals surface area contributed by atoms with E-state index in [0.717, 1.165) is 31.6 Å². The lowest BCUT2D eigenvalue weighted by Crippen LogP contribution is -2.36. The standard InChI is InChI=1S/C14H18N2O2/c1-2-18-14(17)16-9-6-12(7-10-16)11-13-5-3-4-8-15-13/h3-5,8,11H,2,6-7,9-10H2,1H3. The molecule has 0 spiro atoms. The highest BCUT2D eigenvalue weighted by molar-refractivity contribution is 5.68. The van der Waals surface area contributed by atoms with Gasteiger partial charge in [0.15, 0.2) is 0 Å². The average Bonchev–Trinajstić information content (AvgIpc) is 2.41. The van der Waals surface area contributed by atoms with Crippen LogP contribution >= 0.6 is 0 Å². The fourth-order valence-corrected chi connectivity index (χ4v) is 2.01. The first-order valence-corrected chi connectivity index (χ1v) is 6.32. The van der Waals surface area contributed by atoms with Crippen molar-refractivity contribution in [3.63, 3.8) is 0 Å². The van der Waals surface area contributed by atoms with Crippen molar-refractivity contribution in [2.24, 2.45) is 0 Å². The highest BCUT2D eigenvalue weighted by atomic mass is 16.6. The Morgan fingerprint density at radius 2 is 2.22 bits per heavy atom. The van der Waals surface area contributed by atoms with E-state index in [-0.39, 0.29) is 6.09 Å². The first kappa shape index (κ1) is 12.6. The average molecular weight is 246 g/mol. The third kappa shape index (κ3) is 3.32. The molecule has 1 aliphatic rings. The second kappa shape index (κ2) is 6.19. The van der Waals surface area contributed by atoms with Gasteiger partial charge in [-0.25, -0.2) is 4.79 Å². The minimum Gasteiger partial charge on any atom is -0.450 e. The molecule has 2 heterocycles. The summed E-state index contributed by atoms with van der Waals surface area (Å²) < 4.78 is 4.99. The molecule has 4 nitrogen and oxygen atoms in total. The summed E-state index contributed by atoms with van der Waals surface area (Å²) in [5.41, 5.74) is 2.33. The third-order valence-corrected chi connectivity index (χ3v) is 2.97. The Balaban J connectivity index is 1.91. The number of likely N-dealkylation sites (tertiary alicyclic amines) is 1. The molecule has 1 aliphatic heterocycles. The highest BCUT2D eigenvalue weighted by Crippen LogP contribution is 2.19. The zero-order valence-corrected chi connectivity index (χ0v) is 10.6. The first-order chi connectivity index (χ1) is 8.79. The molecule has 1 aromatic heterocycles. The molecule has 1 amide bonds. The second-order valence-electron chi connectivity index (χ2n) is 4.24. The van der Waals surface area contributed by atoms with E-state index < -0.39 is 0 Å². The molecule has 4 heteroatoms. The summed E-state index contributed by atoms with van der Waals surface area (Å²) >= 11 is 0. The van der Waals surface area contributed by atoms with Gasteiger partial charge in [0.1, 0.15) is 0 Å². The van der Waals surface area contributed by atoms with Crippen LogP contribution in [0.2, 0.25) is 0 Å². The minimum absolute atomic E-state index is 0.200. The van der Waals surface area contributed by atoms with Crippen LogP contribution in [0.25, 0.3) is 6.08 Å². The number of aromatic nitrogens is 1. The maximum atomic E-state index is 11.5. The molecule has 0 saturated carbocycles. The summed E-state index contributed by atoms with van der Waals surface area (Å²) in [7, 11) is 0. The smallest absolute Gasteiger partial charge is 0.409 e. The van der Waals surface area contributed by atoms with Gasteiger partial charge in [-0.15, -0.1) is 0 Å². The van der Waals surface area contributed by atoms with E-state index in [1.807, 2.05) is 25.1 Å². The molecule has 18 heavy (non-hydrogen) atoms. The molecule has 1 saturated heterocycles. The Bertz CT molecular complexity index is 419. The van der Waals surface area contributed by atoms with Gasteiger partial charge in [-0.3, -0.25) is 4.98 Å². The number of carbonyl (C=O) groups is 1. The van der Waals surface area contributed by atoms with Crippen LogP contribution in [-0.4, -0.2) is 35.7 Å². The number of piperidine rings is 1. The summed E-state index contributed by atoms with van der Waals surface area (Å²) in [6.45, 7) is 3.73. The molecule has 2 rings (SSSR count). The summed E-state index contributed by atoms with van der Waals surface area (Å²) in [5.74, 6) is 0. The van der Waals surface area contributed by atoms with E-state index in [2.05, 4.69) is 11.1 Å². The molecule has 96 valence electrons. The van der Waals surface area contributed by atoms with Gasteiger partial charge >= 0.3 is 6.09 Å². The summed E-state index contributed by atoms with van der Waals surface area (Å²) in [6.07, 6.45) is 5.50. The van der Waals surface area contributed by atoms with E-state index in [0.29, 0.717) is 6.61 Å². The lowest BCUT2D eigenvalue weighted by molar-refractivity contribution is 0.104. The van der Waals surface area contributed by atoms with Crippen molar-refractivity contribution in [1.29, 1.82) is 0 Å². The Hall–Kier alpha value is -1.84. The highest BCUT2D eigenvalue weighted by Gasteiger charge is 2.19. The van der Waals surface area contributed by atoms with E-state index in [4.69, 9.17) is 4.74 Å². The van der Waals surface area contributed by atoms with Crippen molar-refractivity contribution >= 4 is 12.2 Å². The molecule has 0 bridgehead atoms. The van der Waals surface area contributed by atoms with Gasteiger partial charge in [0.25, 0.3) is 0 Å². The van der Waals surface area contributed by atoms with Crippen LogP contribution < -0.4 is 0 Å². The largest absolute Gasteiger partial charge is 0.450 e. The van der Waals surface area contributed by atoms with Crippen molar-refractivity contribution < 1.29 is 9.53 Å². The first-order valence-electron chi connectivity index (χ1n) is 6.32. The van der Waals surface area contributed by atoms with Crippen LogP contribution in [0.3, 0.4) is 0 Å². The maximum absolute atomic E-state index is 11.5. The number of nitrogens with zero attached hydrogens (tertiary/aromatic N) is 2. The van der Waals surface area contributed by atoms with E-state index in [1.165, 1.54) is 5.57 Å². The van der Waals surface area contributed by atoms with Crippen LogP contribution in [-0.2, 0) is 4.74 Å². The Morgan fingerprint density at radius 1 is 1.44 bits per heavy atom. The van der Waals surface area contributed by atoms with Crippen LogP contribution in [0.4, 0.5) is 4.79 Å². The van der Waals surface area contributed by atoms with Crippen molar-refractivity contribution in [3.05, 3.63) is 35.7 Å². The van der Waals surface area contributed by atoms with Crippen molar-refractivity contribution in [2.75, 3.05) is 19.7 Å². The third-order valence-electron chi connectivity index (χ3n) is 2.97. The number of amides is 1. The predicted octanol–water partition coefficient (Wildman–Crippen LogP) is 2.72. The van der Waals surface area contributed by atoms with Gasteiger partial charge < -0.3 is 9.64 Å². The molecular weight excluding hydrogens is 228 g/mol. The summed E-state index contributed by atoms with van der Waals surface area (Å²) in [4.78, 5) is 17.6. The number of pyridine rings is 1. The number of rotatable bonds is 2. The molecule has 0 aromatic carbocycles. The summed E-state index contributed by atoms with van der Waals surface area (Å²) in [6, 6.07) is 5.88. The normalized spacial score (nSPS) is 15.4. The zero-order chi connectivity index (χ0) is 12.8. The Kier molecular flexibility index (Phi) is 4.34. The van der Waals surface area contributed by atoms with Crippen molar-refractivity contribution in [1.82, 2.24) is 9.88 Å². The number of carbonyl (C=O) groups excluding carboxylic acids is 1. The van der Waals surface area contributed by atoms with Gasteiger partial charge in [0.2, 0.25) is 0 Å². The maximum Gasteiger partial charge on any atom is 0.409 e. The number of hydrogen-bond acceptors (Lipinski definition) is 3. The Morgan fingerprint density at radius 3 is 2.83 bits per heavy atom. The van der Waals surface area contributed by atoms with Crippen LogP contribution in [0.1, 0.15) is 25.5 Å². The van der Waals surface area contributed by atoms with Gasteiger partial charge in [0.05, 0.1) is 12.3 Å². The zero-order valence-electron chi connectivity index (χ0n) is 10.6. The topological polar surface area (TPSA) is 42.4 Å². The van der Waals surface area contributed by atoms with Gasteiger partial charge in [0, 0.05) is 19.3 Å². The fourth-order valence-electron chi connectivity index (χ4n) is 2.01. The van der Waals surface area contributed by atoms with Crippen molar-refractivity contribution in [3.8, 4) is 0 Å². The molecule has 0 N–H and O–H groups in total. The molecule has 0 aliphatic carbocycles. The minimum atomic E-state index is -0.200. The molecule has 0 radical (unpaired) electrons. The van der Waals surface area contributed by atoms with Crippen LogP contribution in [0, 0.1) is 0 Å². The van der Waals surface area contributed by atoms with Gasteiger partial charge in [-0.2, -0.15) is 0 Å². The van der Waals surface area contributed by atoms with Crippen LogP contribution in [0.15, 0.2) is 30.0 Å². The molecular formula is C14H18N2O2. The van der Waals surface area contributed by atoms with Crippen LogP contribution in [0.5, 0.6) is 0 Å². The quantitative estimate of drug-likeness (QED) is 0.805. The van der Waals surface area contributed by atoms with E-state index in [1.54, 1.807) is 11.1 Å². The number of hydrogen-bond donors (Lipinski definition) is 0. The van der Waals surface area contributed by atoms with Gasteiger partial charge in [-0.1, -0.05) is 11.6 Å². The predicted molar refractivity (Wildman–Crippen MR) is 70.0 cm³/mol. The summed E-state index contributed by atoms with van der Waals surface area (Å²) in [5, 5.41) is 0. The van der Waals surface area contributed by atoms with Gasteiger partial charge in [-0.05, 0) is 38.0 Å². The monoisotopic (exact) mass is 246 g/mol.